The highest BCUT2D eigenvalue weighted by Crippen LogP contribution is 2.26. The SMILES string of the molecule is C1=NC(=[N+]2CCOCC2)S/C1=C/C=C/c1cnc(N2CCOCC2)s1. The third-order valence-corrected chi connectivity index (χ3v) is 6.15. The van der Waals surface area contributed by atoms with E-state index < -0.39 is 0 Å². The number of aliphatic imine (C=N–C) groups is 1. The number of aromatic nitrogens is 1. The summed E-state index contributed by atoms with van der Waals surface area (Å²) >= 11 is 3.44. The number of amidine groups is 1. The number of thiazole rings is 1. The molecule has 0 radical (unpaired) electrons. The Morgan fingerprint density at radius 3 is 2.76 bits per heavy atom. The van der Waals surface area contributed by atoms with E-state index in [9.17, 15) is 0 Å². The molecule has 0 atom stereocenters. The van der Waals surface area contributed by atoms with Crippen LogP contribution in [-0.2, 0) is 9.47 Å². The number of nitrogens with zero attached hydrogens (tertiary/aromatic N) is 4. The standard InChI is InChI=1S/C17H21N4O2S2/c1(2-14-12-18-16(24-14)20-4-8-22-9-5-20)3-15-13-19-17(25-15)21-6-10-23-11-7-21/h1-3,12-13H,4-11H2/q+1. The molecule has 3 aliphatic heterocycles. The van der Waals surface area contributed by atoms with Crippen LogP contribution in [0.5, 0.6) is 0 Å². The maximum absolute atomic E-state index is 5.39. The molecule has 2 saturated heterocycles. The fourth-order valence-corrected chi connectivity index (χ4v) is 4.51. The summed E-state index contributed by atoms with van der Waals surface area (Å²) in [6.07, 6.45) is 10.2. The van der Waals surface area contributed by atoms with Crippen LogP contribution in [0, 0.1) is 0 Å². The third-order valence-electron chi connectivity index (χ3n) is 4.11. The topological polar surface area (TPSA) is 50.0 Å². The first kappa shape index (κ1) is 17.0. The van der Waals surface area contributed by atoms with Crippen LogP contribution in [0.1, 0.15) is 4.88 Å². The van der Waals surface area contributed by atoms with Gasteiger partial charge in [-0.15, -0.1) is 0 Å². The molecule has 2 fully saturated rings. The monoisotopic (exact) mass is 377 g/mol. The fraction of sp³-hybridized carbons (Fsp3) is 0.471. The zero-order valence-electron chi connectivity index (χ0n) is 14.0. The van der Waals surface area contributed by atoms with Crippen molar-refractivity contribution in [2.45, 2.75) is 0 Å². The van der Waals surface area contributed by atoms with E-state index >= 15 is 0 Å². The minimum Gasteiger partial charge on any atom is -0.378 e. The molecule has 0 aromatic carbocycles. The van der Waals surface area contributed by atoms with Gasteiger partial charge in [-0.2, -0.15) is 0 Å². The number of thioether (sulfide) groups is 1. The molecule has 0 N–H and O–H groups in total. The van der Waals surface area contributed by atoms with E-state index in [4.69, 9.17) is 9.47 Å². The van der Waals surface area contributed by atoms with Crippen molar-refractivity contribution in [2.24, 2.45) is 4.99 Å². The number of anilines is 1. The molecule has 1 aromatic heterocycles. The molecule has 0 spiro atoms. The lowest BCUT2D eigenvalue weighted by atomic mass is 10.4. The molecule has 132 valence electrons. The van der Waals surface area contributed by atoms with Crippen molar-refractivity contribution in [1.29, 1.82) is 0 Å². The van der Waals surface area contributed by atoms with Gasteiger partial charge in [-0.3, -0.25) is 0 Å². The molecule has 8 heteroatoms. The highest BCUT2D eigenvalue weighted by molar-refractivity contribution is 8.18. The van der Waals surface area contributed by atoms with Crippen LogP contribution >= 0.6 is 23.1 Å². The summed E-state index contributed by atoms with van der Waals surface area (Å²) in [5, 5.41) is 2.16. The van der Waals surface area contributed by atoms with Gasteiger partial charge in [-0.1, -0.05) is 17.4 Å². The Bertz CT molecular complexity index is 725. The van der Waals surface area contributed by atoms with Crippen molar-refractivity contribution in [3.05, 3.63) is 28.1 Å². The molecule has 4 rings (SSSR count). The zero-order valence-corrected chi connectivity index (χ0v) is 15.6. The average molecular weight is 378 g/mol. The first-order valence-corrected chi connectivity index (χ1v) is 10.1. The van der Waals surface area contributed by atoms with Crippen molar-refractivity contribution >= 4 is 45.7 Å². The van der Waals surface area contributed by atoms with Crippen molar-refractivity contribution < 1.29 is 14.0 Å². The molecule has 0 unspecified atom stereocenters. The van der Waals surface area contributed by atoms with Gasteiger partial charge in [0.2, 0.25) is 0 Å². The molecular weight excluding hydrogens is 356 g/mol. The highest BCUT2D eigenvalue weighted by atomic mass is 32.2. The van der Waals surface area contributed by atoms with Gasteiger partial charge in [0.05, 0.1) is 31.3 Å². The molecule has 0 saturated carbocycles. The number of ether oxygens (including phenoxy) is 2. The smallest absolute Gasteiger partial charge is 0.359 e. The first-order chi connectivity index (χ1) is 12.4. The van der Waals surface area contributed by atoms with Gasteiger partial charge >= 0.3 is 5.17 Å². The van der Waals surface area contributed by atoms with Gasteiger partial charge in [0.25, 0.3) is 0 Å². The lowest BCUT2D eigenvalue weighted by molar-refractivity contribution is -0.547. The van der Waals surface area contributed by atoms with E-state index in [1.54, 1.807) is 23.1 Å². The van der Waals surface area contributed by atoms with Gasteiger partial charge < -0.3 is 14.4 Å². The summed E-state index contributed by atoms with van der Waals surface area (Å²) in [6, 6.07) is 0. The van der Waals surface area contributed by atoms with Gasteiger partial charge in [0, 0.05) is 35.9 Å². The Morgan fingerprint density at radius 1 is 1.12 bits per heavy atom. The summed E-state index contributed by atoms with van der Waals surface area (Å²) in [5.41, 5.74) is 0. The molecule has 6 nitrogen and oxygen atoms in total. The van der Waals surface area contributed by atoms with Gasteiger partial charge in [-0.05, 0) is 17.1 Å². The quantitative estimate of drug-likeness (QED) is 0.755. The van der Waals surface area contributed by atoms with Crippen LogP contribution < -0.4 is 4.90 Å². The molecule has 0 bridgehead atoms. The number of hydrogen-bond donors (Lipinski definition) is 0. The molecule has 0 amide bonds. The zero-order chi connectivity index (χ0) is 16.9. The van der Waals surface area contributed by atoms with Crippen LogP contribution in [0.2, 0.25) is 0 Å². The lowest BCUT2D eigenvalue weighted by Gasteiger charge is -2.25. The summed E-state index contributed by atoms with van der Waals surface area (Å²) in [4.78, 5) is 13.7. The molecule has 0 aliphatic carbocycles. The summed E-state index contributed by atoms with van der Waals surface area (Å²) in [5.74, 6) is 0. The van der Waals surface area contributed by atoms with Crippen molar-refractivity contribution in [2.75, 3.05) is 57.5 Å². The van der Waals surface area contributed by atoms with Crippen LogP contribution in [0.15, 0.2) is 28.2 Å². The maximum atomic E-state index is 5.39. The van der Waals surface area contributed by atoms with E-state index in [-0.39, 0.29) is 0 Å². The number of hydrogen-bond acceptors (Lipinski definition) is 6. The van der Waals surface area contributed by atoms with Crippen LogP contribution in [0.25, 0.3) is 6.08 Å². The Labute approximate surface area is 155 Å². The Morgan fingerprint density at radius 2 is 1.92 bits per heavy atom. The molecule has 1 aromatic rings. The fourth-order valence-electron chi connectivity index (χ4n) is 2.75. The second-order valence-corrected chi connectivity index (χ2v) is 7.90. The normalized spacial score (nSPS) is 23.4. The minimum absolute atomic E-state index is 0.787. The maximum Gasteiger partial charge on any atom is 0.359 e. The van der Waals surface area contributed by atoms with Crippen molar-refractivity contribution in [3.63, 3.8) is 0 Å². The van der Waals surface area contributed by atoms with E-state index in [2.05, 4.69) is 37.7 Å². The Balaban J connectivity index is 1.36. The van der Waals surface area contributed by atoms with Crippen molar-refractivity contribution in [3.8, 4) is 0 Å². The highest BCUT2D eigenvalue weighted by Gasteiger charge is 2.23. The van der Waals surface area contributed by atoms with Crippen LogP contribution in [-0.4, -0.2) is 73.5 Å². The van der Waals surface area contributed by atoms with Crippen LogP contribution in [0.4, 0.5) is 5.13 Å². The summed E-state index contributed by atoms with van der Waals surface area (Å²) < 4.78 is 13.1. The van der Waals surface area contributed by atoms with Gasteiger partial charge in [-0.25, -0.2) is 9.56 Å². The van der Waals surface area contributed by atoms with E-state index in [0.29, 0.717) is 0 Å². The Hall–Kier alpha value is -1.48. The molecule has 25 heavy (non-hydrogen) atoms. The number of allylic oxidation sites excluding steroid dienone is 3. The first-order valence-electron chi connectivity index (χ1n) is 8.47. The van der Waals surface area contributed by atoms with E-state index in [1.165, 1.54) is 0 Å². The average Bonchev–Trinajstić information content (AvgIpc) is 3.33. The predicted octanol–water partition coefficient (Wildman–Crippen LogP) is 2.09. The van der Waals surface area contributed by atoms with Crippen LogP contribution in [0.3, 0.4) is 0 Å². The van der Waals surface area contributed by atoms with E-state index in [0.717, 1.165) is 72.7 Å². The number of rotatable bonds is 3. The molecule has 3 aliphatic rings. The van der Waals surface area contributed by atoms with Crippen molar-refractivity contribution in [1.82, 2.24) is 4.98 Å². The number of morpholine rings is 2. The Kier molecular flexibility index (Phi) is 5.61. The molecular formula is C17H21N4O2S2+. The minimum atomic E-state index is 0.787. The van der Waals surface area contributed by atoms with E-state index in [1.807, 2.05) is 12.4 Å². The second kappa shape index (κ2) is 8.27. The largest absolute Gasteiger partial charge is 0.378 e. The molecule has 4 heterocycles. The van der Waals surface area contributed by atoms with Gasteiger partial charge in [0.1, 0.15) is 13.1 Å². The van der Waals surface area contributed by atoms with Gasteiger partial charge in [0.15, 0.2) is 11.3 Å². The third kappa shape index (κ3) is 4.38. The lowest BCUT2D eigenvalue weighted by Crippen LogP contribution is -2.36. The second-order valence-electron chi connectivity index (χ2n) is 5.82. The predicted molar refractivity (Wildman–Crippen MR) is 104 cm³/mol. The summed E-state index contributed by atoms with van der Waals surface area (Å²) in [6.45, 7) is 6.85. The summed E-state index contributed by atoms with van der Waals surface area (Å²) in [7, 11) is 0.